The summed E-state index contributed by atoms with van der Waals surface area (Å²) in [5, 5.41) is 9.00. The second kappa shape index (κ2) is 4.18. The van der Waals surface area contributed by atoms with Crippen molar-refractivity contribution in [1.29, 1.82) is 0 Å². The van der Waals surface area contributed by atoms with Gasteiger partial charge in [0.1, 0.15) is 5.75 Å². The number of H-pyrrole nitrogens is 1. The Bertz CT molecular complexity index is 361. The molecule has 0 saturated carbocycles. The molecule has 0 radical (unpaired) electrons. The molecule has 1 heterocycles. The van der Waals surface area contributed by atoms with Crippen LogP contribution < -0.4 is 0 Å². The minimum Gasteiger partial charge on any atom is -0.508 e. The summed E-state index contributed by atoms with van der Waals surface area (Å²) in [7, 11) is 0. The first-order valence-corrected chi connectivity index (χ1v) is 2.98. The number of phenolic OH excluding ortho intramolecular Hbond substituents is 1. The van der Waals surface area contributed by atoms with Crippen LogP contribution in [0.2, 0.25) is 0 Å². The molecule has 2 rings (SSSR count). The van der Waals surface area contributed by atoms with E-state index in [0.29, 0.717) is 0 Å². The molecule has 66 valence electrons. The molecule has 0 bridgehead atoms. The molecule has 2 N–H and O–H groups in total. The number of aromatic nitrogens is 2. The molecule has 12 heavy (non-hydrogen) atoms. The van der Waals surface area contributed by atoms with Gasteiger partial charge in [0, 0.05) is 6.07 Å². The summed E-state index contributed by atoms with van der Waals surface area (Å²) in [4.78, 5) is 6.88. The average Bonchev–Trinajstić information content (AvgIpc) is 2.33. The van der Waals surface area contributed by atoms with Crippen molar-refractivity contribution in [2.75, 3.05) is 0 Å². The van der Waals surface area contributed by atoms with Crippen molar-refractivity contribution in [3.05, 3.63) is 24.5 Å². The van der Waals surface area contributed by atoms with Gasteiger partial charge >= 0.3 is 0 Å². The number of aromatic hydroxyl groups is 1. The molecule has 0 aliphatic heterocycles. The van der Waals surface area contributed by atoms with Crippen molar-refractivity contribution in [2.24, 2.45) is 0 Å². The third-order valence-corrected chi connectivity index (χ3v) is 1.40. The number of fused-ring (bicyclic) bond motifs is 1. The Morgan fingerprint density at radius 3 is 2.75 bits per heavy atom. The number of benzene rings is 1. The van der Waals surface area contributed by atoms with Crippen LogP contribution in [0.4, 0.5) is 0 Å². The minimum absolute atomic E-state index is 0. The molecular formula is C7H8Cl2N2O. The van der Waals surface area contributed by atoms with Crippen molar-refractivity contribution in [3.63, 3.8) is 0 Å². The zero-order valence-electron chi connectivity index (χ0n) is 6.02. The van der Waals surface area contributed by atoms with E-state index in [4.69, 9.17) is 5.11 Å². The van der Waals surface area contributed by atoms with E-state index >= 15 is 0 Å². The summed E-state index contributed by atoms with van der Waals surface area (Å²) in [5.74, 6) is 0.261. The first kappa shape index (κ1) is 11.1. The van der Waals surface area contributed by atoms with E-state index in [0.717, 1.165) is 11.0 Å². The van der Waals surface area contributed by atoms with Gasteiger partial charge < -0.3 is 10.1 Å². The maximum absolute atomic E-state index is 9.00. The van der Waals surface area contributed by atoms with Gasteiger partial charge in [-0.15, -0.1) is 24.8 Å². The van der Waals surface area contributed by atoms with Gasteiger partial charge in [-0.1, -0.05) is 0 Å². The molecule has 5 heteroatoms. The van der Waals surface area contributed by atoms with Crippen molar-refractivity contribution >= 4 is 35.8 Å². The van der Waals surface area contributed by atoms with Crippen molar-refractivity contribution in [1.82, 2.24) is 9.97 Å². The van der Waals surface area contributed by atoms with E-state index in [2.05, 4.69) is 9.97 Å². The number of nitrogens with zero attached hydrogens (tertiary/aromatic N) is 1. The maximum atomic E-state index is 9.00. The minimum atomic E-state index is 0. The van der Waals surface area contributed by atoms with E-state index in [9.17, 15) is 0 Å². The summed E-state index contributed by atoms with van der Waals surface area (Å²) >= 11 is 0. The number of aromatic amines is 1. The number of halogens is 2. The van der Waals surface area contributed by atoms with Crippen LogP contribution in [0.15, 0.2) is 24.5 Å². The fourth-order valence-corrected chi connectivity index (χ4v) is 0.924. The SMILES string of the molecule is Cl.Cl.Oc1ccc2nc[nH]c2c1. The zero-order chi connectivity index (χ0) is 6.97. The second-order valence-corrected chi connectivity index (χ2v) is 2.10. The Balaban J connectivity index is 0.000000605. The van der Waals surface area contributed by atoms with Crippen LogP contribution in [0.3, 0.4) is 0 Å². The molecule has 0 saturated heterocycles. The average molecular weight is 207 g/mol. The molecule has 0 aliphatic carbocycles. The smallest absolute Gasteiger partial charge is 0.117 e. The van der Waals surface area contributed by atoms with Crippen LogP contribution in [0.25, 0.3) is 11.0 Å². The van der Waals surface area contributed by atoms with Crippen molar-refractivity contribution in [3.8, 4) is 5.75 Å². The maximum Gasteiger partial charge on any atom is 0.117 e. The number of phenols is 1. The Hall–Kier alpha value is -0.930. The van der Waals surface area contributed by atoms with E-state index in [1.54, 1.807) is 24.5 Å². The molecule has 3 nitrogen and oxygen atoms in total. The quantitative estimate of drug-likeness (QED) is 0.694. The molecule has 0 amide bonds. The van der Waals surface area contributed by atoms with Crippen LogP contribution >= 0.6 is 24.8 Å². The number of nitrogens with one attached hydrogen (secondary N) is 1. The van der Waals surface area contributed by atoms with Crippen molar-refractivity contribution < 1.29 is 5.11 Å². The summed E-state index contributed by atoms with van der Waals surface area (Å²) in [6.07, 6.45) is 1.60. The number of imidazole rings is 1. The summed E-state index contributed by atoms with van der Waals surface area (Å²) in [5.41, 5.74) is 1.73. The molecular weight excluding hydrogens is 199 g/mol. The van der Waals surface area contributed by atoms with Gasteiger partial charge in [-0.2, -0.15) is 0 Å². The molecule has 0 unspecified atom stereocenters. The summed E-state index contributed by atoms with van der Waals surface area (Å²) in [6.45, 7) is 0. The van der Waals surface area contributed by atoms with E-state index in [1.165, 1.54) is 0 Å². The standard InChI is InChI=1S/C7H6N2O.2ClH/c10-5-1-2-6-7(3-5)9-4-8-6;;/h1-4,10H,(H,8,9);2*1H. The first-order valence-electron chi connectivity index (χ1n) is 2.98. The lowest BCUT2D eigenvalue weighted by Gasteiger charge is -1.88. The third-order valence-electron chi connectivity index (χ3n) is 1.40. The largest absolute Gasteiger partial charge is 0.508 e. The molecule has 2 aromatic rings. The molecule has 1 aromatic carbocycles. The molecule has 0 aliphatic rings. The first-order chi connectivity index (χ1) is 4.86. The fourth-order valence-electron chi connectivity index (χ4n) is 0.924. The Morgan fingerprint density at radius 2 is 2.00 bits per heavy atom. The predicted molar refractivity (Wildman–Crippen MR) is 52.3 cm³/mol. The third kappa shape index (κ3) is 1.81. The van der Waals surface area contributed by atoms with E-state index < -0.39 is 0 Å². The van der Waals surface area contributed by atoms with E-state index in [-0.39, 0.29) is 30.6 Å². The fraction of sp³-hybridized carbons (Fsp3) is 0. The summed E-state index contributed by atoms with van der Waals surface area (Å²) < 4.78 is 0. The van der Waals surface area contributed by atoms with Crippen LogP contribution in [-0.4, -0.2) is 15.1 Å². The Kier molecular flexibility index (Phi) is 3.86. The topological polar surface area (TPSA) is 48.9 Å². The summed E-state index contributed by atoms with van der Waals surface area (Å²) in [6, 6.07) is 5.02. The molecule has 1 aromatic heterocycles. The van der Waals surface area contributed by atoms with Gasteiger partial charge in [-0.25, -0.2) is 4.98 Å². The van der Waals surface area contributed by atoms with Gasteiger partial charge in [0.25, 0.3) is 0 Å². The van der Waals surface area contributed by atoms with Crippen LogP contribution in [0, 0.1) is 0 Å². The number of rotatable bonds is 0. The number of hydrogen-bond donors (Lipinski definition) is 2. The van der Waals surface area contributed by atoms with Crippen LogP contribution in [0.1, 0.15) is 0 Å². The lowest BCUT2D eigenvalue weighted by Crippen LogP contribution is -1.67. The normalized spacial score (nSPS) is 8.67. The lowest BCUT2D eigenvalue weighted by atomic mass is 10.3. The van der Waals surface area contributed by atoms with Gasteiger partial charge in [0.05, 0.1) is 17.4 Å². The molecule has 0 fully saturated rings. The highest BCUT2D eigenvalue weighted by Gasteiger charge is 1.94. The van der Waals surface area contributed by atoms with Crippen LogP contribution in [0.5, 0.6) is 5.75 Å². The highest BCUT2D eigenvalue weighted by molar-refractivity contribution is 5.85. The second-order valence-electron chi connectivity index (χ2n) is 2.10. The molecule has 0 spiro atoms. The monoisotopic (exact) mass is 206 g/mol. The Morgan fingerprint density at radius 1 is 1.25 bits per heavy atom. The van der Waals surface area contributed by atoms with Gasteiger partial charge in [0.15, 0.2) is 0 Å². The van der Waals surface area contributed by atoms with Crippen molar-refractivity contribution in [2.45, 2.75) is 0 Å². The van der Waals surface area contributed by atoms with Gasteiger partial charge in [0.2, 0.25) is 0 Å². The zero-order valence-corrected chi connectivity index (χ0v) is 7.65. The van der Waals surface area contributed by atoms with Crippen LogP contribution in [-0.2, 0) is 0 Å². The lowest BCUT2D eigenvalue weighted by molar-refractivity contribution is 0.476. The van der Waals surface area contributed by atoms with Gasteiger partial charge in [-0.05, 0) is 12.1 Å². The van der Waals surface area contributed by atoms with Gasteiger partial charge in [-0.3, -0.25) is 0 Å². The highest BCUT2D eigenvalue weighted by atomic mass is 35.5. The van der Waals surface area contributed by atoms with E-state index in [1.807, 2.05) is 0 Å². The highest BCUT2D eigenvalue weighted by Crippen LogP contribution is 2.15. The predicted octanol–water partition coefficient (Wildman–Crippen LogP) is 2.11. The Labute approximate surface area is 81.6 Å². The molecule has 0 atom stereocenters. The number of hydrogen-bond acceptors (Lipinski definition) is 2.